The summed E-state index contributed by atoms with van der Waals surface area (Å²) in [4.78, 5) is 38.5. The van der Waals surface area contributed by atoms with Crippen molar-refractivity contribution < 1.29 is 19.1 Å². The molecule has 3 amide bonds. The Bertz CT molecular complexity index is 969. The SMILES string of the molecule is CC1Oc2ccccc2N(CC(=O)NC(C)c2ccc(NC(=O)C3CC3)cc2)C1=O. The second kappa shape index (κ2) is 8.18. The molecule has 0 radical (unpaired) electrons. The van der Waals surface area contributed by atoms with E-state index in [4.69, 9.17) is 4.74 Å². The lowest BCUT2D eigenvalue weighted by molar-refractivity contribution is -0.128. The molecule has 1 fully saturated rings. The fraction of sp³-hybridized carbons (Fsp3) is 0.348. The first-order chi connectivity index (χ1) is 14.4. The predicted octanol–water partition coefficient (Wildman–Crippen LogP) is 3.03. The Balaban J connectivity index is 1.37. The smallest absolute Gasteiger partial charge is 0.268 e. The first kappa shape index (κ1) is 19.9. The highest BCUT2D eigenvalue weighted by atomic mass is 16.5. The number of carbonyl (C=O) groups excluding carboxylic acids is 3. The average molecular weight is 407 g/mol. The first-order valence-corrected chi connectivity index (χ1v) is 10.2. The van der Waals surface area contributed by atoms with Gasteiger partial charge in [-0.2, -0.15) is 0 Å². The van der Waals surface area contributed by atoms with Gasteiger partial charge in [0.25, 0.3) is 5.91 Å². The molecule has 2 N–H and O–H groups in total. The number of nitrogens with one attached hydrogen (secondary N) is 2. The highest BCUT2D eigenvalue weighted by molar-refractivity contribution is 6.03. The lowest BCUT2D eigenvalue weighted by Crippen LogP contribution is -2.49. The third-order valence-electron chi connectivity index (χ3n) is 5.38. The number of hydrogen-bond acceptors (Lipinski definition) is 4. The molecule has 0 spiro atoms. The summed E-state index contributed by atoms with van der Waals surface area (Å²) in [5.41, 5.74) is 2.26. The van der Waals surface area contributed by atoms with Crippen molar-refractivity contribution in [2.45, 2.75) is 38.8 Å². The van der Waals surface area contributed by atoms with E-state index in [0.717, 1.165) is 24.1 Å². The van der Waals surface area contributed by atoms with E-state index in [9.17, 15) is 14.4 Å². The van der Waals surface area contributed by atoms with Crippen LogP contribution in [0.4, 0.5) is 11.4 Å². The van der Waals surface area contributed by atoms with Crippen LogP contribution < -0.4 is 20.3 Å². The van der Waals surface area contributed by atoms with Crippen LogP contribution >= 0.6 is 0 Å². The largest absolute Gasteiger partial charge is 0.479 e. The van der Waals surface area contributed by atoms with Gasteiger partial charge in [-0.3, -0.25) is 19.3 Å². The maximum absolute atomic E-state index is 12.6. The fourth-order valence-corrected chi connectivity index (χ4v) is 3.48. The molecule has 0 bridgehead atoms. The Hall–Kier alpha value is -3.35. The van der Waals surface area contributed by atoms with E-state index in [1.807, 2.05) is 43.3 Å². The summed E-state index contributed by atoms with van der Waals surface area (Å²) in [6.45, 7) is 3.48. The first-order valence-electron chi connectivity index (χ1n) is 10.2. The minimum absolute atomic E-state index is 0.0637. The second-order valence-corrected chi connectivity index (χ2v) is 7.83. The van der Waals surface area contributed by atoms with Crippen LogP contribution in [0.1, 0.15) is 38.3 Å². The summed E-state index contributed by atoms with van der Waals surface area (Å²) in [5.74, 6) is 0.305. The van der Waals surface area contributed by atoms with Crippen molar-refractivity contribution in [3.63, 3.8) is 0 Å². The van der Waals surface area contributed by atoms with Gasteiger partial charge in [0.1, 0.15) is 12.3 Å². The van der Waals surface area contributed by atoms with Crippen LogP contribution in [-0.2, 0) is 14.4 Å². The maximum Gasteiger partial charge on any atom is 0.268 e. The van der Waals surface area contributed by atoms with Gasteiger partial charge < -0.3 is 15.4 Å². The number of nitrogens with zero attached hydrogens (tertiary/aromatic N) is 1. The normalized spacial score (nSPS) is 18.8. The molecule has 2 aliphatic rings. The molecule has 1 saturated carbocycles. The van der Waals surface area contributed by atoms with Crippen molar-refractivity contribution in [1.82, 2.24) is 5.32 Å². The highest BCUT2D eigenvalue weighted by Gasteiger charge is 2.32. The molecule has 2 atom stereocenters. The topological polar surface area (TPSA) is 87.7 Å². The number of anilines is 2. The fourth-order valence-electron chi connectivity index (χ4n) is 3.48. The van der Waals surface area contributed by atoms with E-state index in [1.54, 1.807) is 19.1 Å². The van der Waals surface area contributed by atoms with Gasteiger partial charge in [0.15, 0.2) is 6.10 Å². The Labute approximate surface area is 175 Å². The van der Waals surface area contributed by atoms with Gasteiger partial charge >= 0.3 is 0 Å². The molecule has 1 aliphatic heterocycles. The molecule has 1 heterocycles. The van der Waals surface area contributed by atoms with Crippen molar-refractivity contribution in [1.29, 1.82) is 0 Å². The van der Waals surface area contributed by atoms with Crippen molar-refractivity contribution in [3.05, 3.63) is 54.1 Å². The van der Waals surface area contributed by atoms with Crippen LogP contribution in [-0.4, -0.2) is 30.4 Å². The highest BCUT2D eigenvalue weighted by Crippen LogP contribution is 2.33. The summed E-state index contributed by atoms with van der Waals surface area (Å²) in [7, 11) is 0. The summed E-state index contributed by atoms with van der Waals surface area (Å²) >= 11 is 0. The zero-order chi connectivity index (χ0) is 21.3. The van der Waals surface area contributed by atoms with Crippen LogP contribution in [0, 0.1) is 5.92 Å². The van der Waals surface area contributed by atoms with Gasteiger partial charge in [-0.15, -0.1) is 0 Å². The Kier molecular flexibility index (Phi) is 5.44. The van der Waals surface area contributed by atoms with Crippen molar-refractivity contribution >= 4 is 29.1 Å². The van der Waals surface area contributed by atoms with Gasteiger partial charge in [-0.05, 0) is 56.5 Å². The molecule has 7 nitrogen and oxygen atoms in total. The molecule has 1 aliphatic carbocycles. The maximum atomic E-state index is 12.6. The zero-order valence-corrected chi connectivity index (χ0v) is 17.1. The van der Waals surface area contributed by atoms with Gasteiger partial charge in [0, 0.05) is 11.6 Å². The van der Waals surface area contributed by atoms with E-state index in [-0.39, 0.29) is 36.2 Å². The number of benzene rings is 2. The Morgan fingerprint density at radius 2 is 1.83 bits per heavy atom. The zero-order valence-electron chi connectivity index (χ0n) is 17.1. The quantitative estimate of drug-likeness (QED) is 0.771. The molecule has 0 aromatic heterocycles. The molecule has 2 unspecified atom stereocenters. The lowest BCUT2D eigenvalue weighted by atomic mass is 10.1. The number of carbonyl (C=O) groups is 3. The van der Waals surface area contributed by atoms with Gasteiger partial charge in [-0.25, -0.2) is 0 Å². The van der Waals surface area contributed by atoms with E-state index >= 15 is 0 Å². The van der Waals surface area contributed by atoms with Gasteiger partial charge in [0.2, 0.25) is 11.8 Å². The van der Waals surface area contributed by atoms with Crippen molar-refractivity contribution in [2.24, 2.45) is 5.92 Å². The molecular weight excluding hydrogens is 382 g/mol. The summed E-state index contributed by atoms with van der Waals surface area (Å²) in [5, 5.41) is 5.84. The molecule has 156 valence electrons. The van der Waals surface area contributed by atoms with E-state index in [1.165, 1.54) is 4.90 Å². The lowest BCUT2D eigenvalue weighted by Gasteiger charge is -2.32. The average Bonchev–Trinajstić information content (AvgIpc) is 3.57. The second-order valence-electron chi connectivity index (χ2n) is 7.83. The number of para-hydroxylation sites is 2. The van der Waals surface area contributed by atoms with Crippen LogP contribution in [0.25, 0.3) is 0 Å². The number of ether oxygens (including phenoxy) is 1. The van der Waals surface area contributed by atoms with Crippen LogP contribution in [0.2, 0.25) is 0 Å². The third kappa shape index (κ3) is 4.30. The molecule has 0 saturated heterocycles. The van der Waals surface area contributed by atoms with Gasteiger partial charge in [-0.1, -0.05) is 24.3 Å². The molecule has 4 rings (SSSR count). The van der Waals surface area contributed by atoms with Crippen LogP contribution in [0.15, 0.2) is 48.5 Å². The molecule has 2 aromatic carbocycles. The summed E-state index contributed by atoms with van der Waals surface area (Å²) < 4.78 is 5.61. The molecule has 2 aromatic rings. The molecule has 30 heavy (non-hydrogen) atoms. The number of rotatable bonds is 6. The minimum atomic E-state index is -0.636. The molecular formula is C23H25N3O4. The summed E-state index contributed by atoms with van der Waals surface area (Å²) in [6, 6.07) is 14.4. The Morgan fingerprint density at radius 1 is 1.13 bits per heavy atom. The summed E-state index contributed by atoms with van der Waals surface area (Å²) in [6.07, 6.45) is 1.28. The Morgan fingerprint density at radius 3 is 2.53 bits per heavy atom. The van der Waals surface area contributed by atoms with Crippen molar-refractivity contribution in [2.75, 3.05) is 16.8 Å². The van der Waals surface area contributed by atoms with Crippen LogP contribution in [0.3, 0.4) is 0 Å². The number of hydrogen-bond donors (Lipinski definition) is 2. The third-order valence-corrected chi connectivity index (χ3v) is 5.38. The van der Waals surface area contributed by atoms with Crippen LogP contribution in [0.5, 0.6) is 5.75 Å². The van der Waals surface area contributed by atoms with E-state index in [2.05, 4.69) is 10.6 Å². The number of fused-ring (bicyclic) bond motifs is 1. The van der Waals surface area contributed by atoms with E-state index < -0.39 is 6.10 Å². The number of amides is 3. The van der Waals surface area contributed by atoms with E-state index in [0.29, 0.717) is 11.4 Å². The predicted molar refractivity (Wildman–Crippen MR) is 113 cm³/mol. The monoisotopic (exact) mass is 407 g/mol. The standard InChI is InChI=1S/C23H25N3O4/c1-14(16-9-11-18(12-10-16)25-22(28)17-7-8-17)24-21(27)13-26-19-5-3-4-6-20(19)30-15(2)23(26)29/h3-6,9-12,14-15,17H,7-8,13H2,1-2H3,(H,24,27)(H,25,28). The van der Waals surface area contributed by atoms with Gasteiger partial charge in [0.05, 0.1) is 11.7 Å². The van der Waals surface area contributed by atoms with Crippen molar-refractivity contribution in [3.8, 4) is 5.75 Å². The minimum Gasteiger partial charge on any atom is -0.479 e. The molecule has 7 heteroatoms.